The van der Waals surface area contributed by atoms with Gasteiger partial charge in [0.05, 0.1) is 17.1 Å². The minimum atomic E-state index is -0.486. The van der Waals surface area contributed by atoms with Crippen molar-refractivity contribution < 1.29 is 18.9 Å². The highest BCUT2D eigenvalue weighted by Gasteiger charge is 2.28. The fourth-order valence-corrected chi connectivity index (χ4v) is 4.15. The van der Waals surface area contributed by atoms with Crippen LogP contribution in [-0.2, 0) is 17.6 Å². The van der Waals surface area contributed by atoms with Gasteiger partial charge in [-0.25, -0.2) is 5.43 Å². The molecule has 0 spiro atoms. The summed E-state index contributed by atoms with van der Waals surface area (Å²) in [5.74, 6) is 0.255. The van der Waals surface area contributed by atoms with E-state index in [9.17, 15) is 19.7 Å². The maximum atomic E-state index is 13.0. The second kappa shape index (κ2) is 9.92. The van der Waals surface area contributed by atoms with Gasteiger partial charge in [-0.3, -0.25) is 19.7 Å². The molecule has 35 heavy (non-hydrogen) atoms. The average Bonchev–Trinajstić information content (AvgIpc) is 3.18. The van der Waals surface area contributed by atoms with Gasteiger partial charge in [0, 0.05) is 35.4 Å². The summed E-state index contributed by atoms with van der Waals surface area (Å²) in [6.07, 6.45) is 2.15. The summed E-state index contributed by atoms with van der Waals surface area (Å²) in [7, 11) is 0. The second-order valence-electron chi connectivity index (χ2n) is 8.60. The molecule has 0 fully saturated rings. The van der Waals surface area contributed by atoms with E-state index in [1.54, 1.807) is 12.1 Å². The molecular formula is C26H26N4O5. The smallest absolute Gasteiger partial charge is 0.291 e. The number of nitrogens with zero attached hydrogens (tertiary/aromatic N) is 2. The van der Waals surface area contributed by atoms with Crippen molar-refractivity contribution in [1.82, 2.24) is 5.43 Å². The Morgan fingerprint density at radius 3 is 2.51 bits per heavy atom. The molecule has 1 aromatic heterocycles. The van der Waals surface area contributed by atoms with Crippen LogP contribution in [0, 0.1) is 30.9 Å². The van der Waals surface area contributed by atoms with Gasteiger partial charge < -0.3 is 9.73 Å². The molecule has 0 unspecified atom stereocenters. The van der Waals surface area contributed by atoms with Gasteiger partial charge in [0.2, 0.25) is 5.91 Å². The highest BCUT2D eigenvalue weighted by molar-refractivity contribution is 6.09. The number of anilines is 1. The predicted molar refractivity (Wildman–Crippen MR) is 132 cm³/mol. The quantitative estimate of drug-likeness (QED) is 0.393. The van der Waals surface area contributed by atoms with Gasteiger partial charge in [-0.2, -0.15) is 5.10 Å². The minimum Gasteiger partial charge on any atom is -0.455 e. The molecule has 0 aliphatic heterocycles. The highest BCUT2D eigenvalue weighted by Crippen LogP contribution is 2.30. The van der Waals surface area contributed by atoms with Gasteiger partial charge in [0.25, 0.3) is 11.6 Å². The molecule has 3 aromatic rings. The summed E-state index contributed by atoms with van der Waals surface area (Å²) in [5, 5.41) is 18.0. The van der Waals surface area contributed by atoms with Gasteiger partial charge in [0.15, 0.2) is 5.76 Å². The van der Waals surface area contributed by atoms with Crippen LogP contribution < -0.4 is 10.7 Å². The number of rotatable bonds is 6. The number of nitrogens with one attached hydrogen (secondary N) is 2. The third kappa shape index (κ3) is 5.13. The van der Waals surface area contributed by atoms with Crippen molar-refractivity contribution in [2.24, 2.45) is 5.10 Å². The van der Waals surface area contributed by atoms with E-state index in [4.69, 9.17) is 4.42 Å². The Labute approximate surface area is 202 Å². The van der Waals surface area contributed by atoms with Crippen molar-refractivity contribution in [3.05, 3.63) is 91.9 Å². The van der Waals surface area contributed by atoms with Crippen molar-refractivity contribution in [2.75, 3.05) is 5.32 Å². The number of non-ortho nitro benzene ring substituents is 1. The number of hydrogen-bond donors (Lipinski definition) is 2. The SMILES string of the molecule is Cc1cccc(NC(=O)c2oc3c(c2C)/C(=N/NC(=O)Cc2ccc([N+](=O)[O-])cc2)CCC3)c1C. The first kappa shape index (κ1) is 23.9. The van der Waals surface area contributed by atoms with E-state index in [1.807, 2.05) is 39.0 Å². The molecule has 9 heteroatoms. The van der Waals surface area contributed by atoms with E-state index < -0.39 is 4.92 Å². The fraction of sp³-hybridized carbons (Fsp3) is 0.269. The van der Waals surface area contributed by atoms with Crippen LogP contribution in [0.4, 0.5) is 11.4 Å². The molecule has 4 rings (SSSR count). The number of fused-ring (bicyclic) bond motifs is 1. The van der Waals surface area contributed by atoms with E-state index >= 15 is 0 Å². The van der Waals surface area contributed by atoms with Crippen LogP contribution in [0.3, 0.4) is 0 Å². The second-order valence-corrected chi connectivity index (χ2v) is 8.60. The van der Waals surface area contributed by atoms with Crippen LogP contribution in [0.2, 0.25) is 0 Å². The zero-order valence-electron chi connectivity index (χ0n) is 19.8. The Morgan fingerprint density at radius 2 is 1.80 bits per heavy atom. The Balaban J connectivity index is 1.49. The van der Waals surface area contributed by atoms with Crippen molar-refractivity contribution in [3.8, 4) is 0 Å². The summed E-state index contributed by atoms with van der Waals surface area (Å²) >= 11 is 0. The summed E-state index contributed by atoms with van der Waals surface area (Å²) in [6.45, 7) is 5.76. The molecule has 0 saturated carbocycles. The number of carbonyl (C=O) groups excluding carboxylic acids is 2. The van der Waals surface area contributed by atoms with Crippen molar-refractivity contribution in [3.63, 3.8) is 0 Å². The van der Waals surface area contributed by atoms with Crippen LogP contribution in [-0.4, -0.2) is 22.4 Å². The molecule has 1 aliphatic carbocycles. The van der Waals surface area contributed by atoms with Crippen molar-refractivity contribution in [1.29, 1.82) is 0 Å². The third-order valence-corrected chi connectivity index (χ3v) is 6.21. The highest BCUT2D eigenvalue weighted by atomic mass is 16.6. The number of amides is 2. The number of nitro benzene ring substituents is 1. The normalized spacial score (nSPS) is 13.9. The lowest BCUT2D eigenvalue weighted by atomic mass is 9.93. The Hall–Kier alpha value is -4.27. The van der Waals surface area contributed by atoms with Gasteiger partial charge >= 0.3 is 0 Å². The standard InChI is InChI=1S/C26H26N4O5/c1-15-6-4-7-20(16(15)2)27-26(32)25-17(3)24-21(8-5-9-22(24)35-25)28-29-23(31)14-18-10-12-19(13-11-18)30(33)34/h4,6-7,10-13H,5,8-9,14H2,1-3H3,(H,27,32)(H,29,31)/b28-21+. The number of carbonyl (C=O) groups is 2. The maximum Gasteiger partial charge on any atom is 0.291 e. The van der Waals surface area contributed by atoms with E-state index in [2.05, 4.69) is 15.8 Å². The zero-order valence-corrected chi connectivity index (χ0v) is 19.8. The summed E-state index contributed by atoms with van der Waals surface area (Å²) in [4.78, 5) is 35.7. The summed E-state index contributed by atoms with van der Waals surface area (Å²) < 4.78 is 5.94. The molecule has 180 valence electrons. The molecule has 1 heterocycles. The molecule has 0 bridgehead atoms. The van der Waals surface area contributed by atoms with Crippen LogP contribution >= 0.6 is 0 Å². The molecule has 1 aliphatic rings. The Bertz CT molecular complexity index is 1340. The van der Waals surface area contributed by atoms with Crippen LogP contribution in [0.1, 0.15) is 57.0 Å². The van der Waals surface area contributed by atoms with Gasteiger partial charge in [0.1, 0.15) is 5.76 Å². The van der Waals surface area contributed by atoms with Gasteiger partial charge in [-0.15, -0.1) is 0 Å². The van der Waals surface area contributed by atoms with Gasteiger partial charge in [-0.1, -0.05) is 24.3 Å². The first-order chi connectivity index (χ1) is 16.7. The molecular weight excluding hydrogens is 448 g/mol. The number of furan rings is 1. The number of benzene rings is 2. The van der Waals surface area contributed by atoms with Crippen LogP contribution in [0.25, 0.3) is 0 Å². The molecule has 0 saturated heterocycles. The van der Waals surface area contributed by atoms with Crippen molar-refractivity contribution in [2.45, 2.75) is 46.5 Å². The predicted octanol–water partition coefficient (Wildman–Crippen LogP) is 4.76. The lowest BCUT2D eigenvalue weighted by Gasteiger charge is -2.13. The largest absolute Gasteiger partial charge is 0.455 e. The maximum absolute atomic E-state index is 13.0. The Morgan fingerprint density at radius 1 is 1.06 bits per heavy atom. The summed E-state index contributed by atoms with van der Waals surface area (Å²) in [5.41, 5.74) is 8.10. The molecule has 0 radical (unpaired) electrons. The molecule has 2 aromatic carbocycles. The van der Waals surface area contributed by atoms with Crippen molar-refractivity contribution >= 4 is 28.9 Å². The Kier molecular flexibility index (Phi) is 6.77. The molecule has 2 amide bonds. The van der Waals surface area contributed by atoms with Gasteiger partial charge in [-0.05, 0) is 56.4 Å². The zero-order chi connectivity index (χ0) is 25.1. The monoisotopic (exact) mass is 474 g/mol. The fourth-order valence-electron chi connectivity index (χ4n) is 4.15. The summed E-state index contributed by atoms with van der Waals surface area (Å²) in [6, 6.07) is 11.5. The molecule has 2 N–H and O–H groups in total. The molecule has 0 atom stereocenters. The molecule has 9 nitrogen and oxygen atoms in total. The van der Waals surface area contributed by atoms with E-state index in [0.29, 0.717) is 35.4 Å². The number of hydrazone groups is 1. The number of hydrogen-bond acceptors (Lipinski definition) is 6. The van der Waals surface area contributed by atoms with E-state index in [-0.39, 0.29) is 29.7 Å². The lowest BCUT2D eigenvalue weighted by Crippen LogP contribution is -2.23. The van der Waals surface area contributed by atoms with Crippen LogP contribution in [0.5, 0.6) is 0 Å². The van der Waals surface area contributed by atoms with E-state index in [1.165, 1.54) is 12.1 Å². The average molecular weight is 475 g/mol. The first-order valence-corrected chi connectivity index (χ1v) is 11.3. The van der Waals surface area contributed by atoms with E-state index in [0.717, 1.165) is 28.8 Å². The van der Waals surface area contributed by atoms with Crippen LogP contribution in [0.15, 0.2) is 52.0 Å². The topological polar surface area (TPSA) is 127 Å². The number of aryl methyl sites for hydroxylation is 2. The first-order valence-electron chi connectivity index (χ1n) is 11.3. The lowest BCUT2D eigenvalue weighted by molar-refractivity contribution is -0.384. The third-order valence-electron chi connectivity index (χ3n) is 6.21. The minimum absolute atomic E-state index is 0.0306. The number of nitro groups is 1.